The second kappa shape index (κ2) is 8.72. The minimum atomic E-state index is -1.40. The molecule has 0 atom stereocenters. The molecule has 0 saturated carbocycles. The van der Waals surface area contributed by atoms with Crippen LogP contribution >= 0.6 is 11.3 Å². The van der Waals surface area contributed by atoms with Gasteiger partial charge in [-0.15, -0.1) is 11.3 Å². The number of anilines is 2. The first-order chi connectivity index (χ1) is 15.6. The van der Waals surface area contributed by atoms with Gasteiger partial charge < -0.3 is 16.2 Å². The van der Waals surface area contributed by atoms with Crippen molar-refractivity contribution < 1.29 is 18.7 Å². The van der Waals surface area contributed by atoms with Crippen molar-refractivity contribution in [2.45, 2.75) is 26.0 Å². The number of thiophene rings is 1. The number of primary amides is 1. The van der Waals surface area contributed by atoms with Crippen molar-refractivity contribution in [2.24, 2.45) is 5.73 Å². The van der Waals surface area contributed by atoms with Crippen LogP contribution in [-0.4, -0.2) is 26.0 Å². The zero-order valence-electron chi connectivity index (χ0n) is 17.8. The fourth-order valence-electron chi connectivity index (χ4n) is 3.26. The monoisotopic (exact) mass is 469 g/mol. The molecular formula is C23H21F2N5O2S. The Morgan fingerprint density at radius 2 is 1.73 bits per heavy atom. The molecule has 0 unspecified atom stereocenters. The standard InChI is InChI=1S/C23H21F2N5O2S/c1-23(2,32)14-9-17(24)20(18(25)10-14)19-11-16(21(26)31)22(33-19)29-15-5-3-13(4-6-15)12-30-27-7-8-28-30/h3-11,29,32H,12H2,1-2H3,(H2,26,31). The first-order valence-corrected chi connectivity index (χ1v) is 10.8. The van der Waals surface area contributed by atoms with E-state index in [9.17, 15) is 18.7 Å². The van der Waals surface area contributed by atoms with Crippen molar-refractivity contribution in [3.8, 4) is 10.4 Å². The highest BCUT2D eigenvalue weighted by molar-refractivity contribution is 7.20. The summed E-state index contributed by atoms with van der Waals surface area (Å²) in [7, 11) is 0. The number of aliphatic hydroxyl groups is 1. The molecule has 0 radical (unpaired) electrons. The van der Waals surface area contributed by atoms with Gasteiger partial charge in [-0.1, -0.05) is 12.1 Å². The summed E-state index contributed by atoms with van der Waals surface area (Å²) < 4.78 is 29.6. The van der Waals surface area contributed by atoms with Gasteiger partial charge in [0, 0.05) is 10.6 Å². The Hall–Kier alpha value is -3.63. The van der Waals surface area contributed by atoms with Crippen LogP contribution in [0.5, 0.6) is 0 Å². The molecule has 170 valence electrons. The van der Waals surface area contributed by atoms with E-state index in [1.165, 1.54) is 19.9 Å². The zero-order valence-corrected chi connectivity index (χ0v) is 18.7. The fourth-order valence-corrected chi connectivity index (χ4v) is 4.40. The lowest BCUT2D eigenvalue weighted by atomic mass is 9.96. The molecule has 4 aromatic rings. The Kier molecular flexibility index (Phi) is 5.96. The first kappa shape index (κ1) is 22.6. The molecule has 0 fully saturated rings. The molecular weight excluding hydrogens is 448 g/mol. The highest BCUT2D eigenvalue weighted by Crippen LogP contribution is 2.40. The van der Waals surface area contributed by atoms with Gasteiger partial charge in [-0.25, -0.2) is 8.78 Å². The summed E-state index contributed by atoms with van der Waals surface area (Å²) in [5.41, 5.74) is 5.68. The second-order valence-electron chi connectivity index (χ2n) is 7.97. The number of aromatic nitrogens is 3. The van der Waals surface area contributed by atoms with Crippen molar-refractivity contribution in [1.82, 2.24) is 15.0 Å². The molecule has 2 aromatic carbocycles. The number of nitrogens with zero attached hydrogens (tertiary/aromatic N) is 3. The van der Waals surface area contributed by atoms with E-state index in [1.807, 2.05) is 24.3 Å². The van der Waals surface area contributed by atoms with E-state index in [1.54, 1.807) is 17.2 Å². The summed E-state index contributed by atoms with van der Waals surface area (Å²) in [5.74, 6) is -2.41. The van der Waals surface area contributed by atoms with E-state index >= 15 is 0 Å². The van der Waals surface area contributed by atoms with Gasteiger partial charge in [0.2, 0.25) is 0 Å². The van der Waals surface area contributed by atoms with Gasteiger partial charge in [0.05, 0.1) is 35.7 Å². The third-order valence-electron chi connectivity index (χ3n) is 4.99. The maximum absolute atomic E-state index is 14.8. The minimum Gasteiger partial charge on any atom is -0.386 e. The predicted octanol–water partition coefficient (Wildman–Crippen LogP) is 4.40. The van der Waals surface area contributed by atoms with Crippen LogP contribution in [0.25, 0.3) is 10.4 Å². The number of amides is 1. The minimum absolute atomic E-state index is 0.108. The Morgan fingerprint density at radius 1 is 1.12 bits per heavy atom. The molecule has 0 aliphatic heterocycles. The number of rotatable bonds is 7. The van der Waals surface area contributed by atoms with E-state index in [2.05, 4.69) is 15.5 Å². The van der Waals surface area contributed by atoms with Crippen LogP contribution in [-0.2, 0) is 12.1 Å². The largest absolute Gasteiger partial charge is 0.386 e. The Morgan fingerprint density at radius 3 is 2.27 bits per heavy atom. The van der Waals surface area contributed by atoms with Gasteiger partial charge >= 0.3 is 0 Å². The maximum atomic E-state index is 14.8. The Bertz CT molecular complexity index is 1270. The molecule has 0 aliphatic carbocycles. The van der Waals surface area contributed by atoms with Crippen LogP contribution in [0.2, 0.25) is 0 Å². The number of carbonyl (C=O) groups is 1. The number of benzene rings is 2. The fraction of sp³-hybridized carbons (Fsp3) is 0.174. The summed E-state index contributed by atoms with van der Waals surface area (Å²) in [5, 5.41) is 21.7. The average Bonchev–Trinajstić information content (AvgIpc) is 3.38. The number of nitrogens with one attached hydrogen (secondary N) is 1. The summed E-state index contributed by atoms with van der Waals surface area (Å²) in [6.07, 6.45) is 3.19. The molecule has 33 heavy (non-hydrogen) atoms. The quantitative estimate of drug-likeness (QED) is 0.372. The molecule has 0 spiro atoms. The summed E-state index contributed by atoms with van der Waals surface area (Å²) in [4.78, 5) is 13.7. The molecule has 2 heterocycles. The molecule has 7 nitrogen and oxygen atoms in total. The number of hydrogen-bond donors (Lipinski definition) is 3. The molecule has 0 saturated heterocycles. The zero-order chi connectivity index (χ0) is 23.8. The van der Waals surface area contributed by atoms with Gasteiger partial charge in [-0.2, -0.15) is 15.0 Å². The summed E-state index contributed by atoms with van der Waals surface area (Å²) in [6.45, 7) is 3.38. The molecule has 0 aliphatic rings. The van der Waals surface area contributed by atoms with E-state index in [0.29, 0.717) is 17.2 Å². The summed E-state index contributed by atoms with van der Waals surface area (Å²) >= 11 is 1.01. The SMILES string of the molecule is CC(C)(O)c1cc(F)c(-c2cc(C(N)=O)c(Nc3ccc(Cn4nccn4)cc3)s2)c(F)c1. The van der Waals surface area contributed by atoms with Crippen LogP contribution in [0.1, 0.15) is 35.3 Å². The van der Waals surface area contributed by atoms with Crippen LogP contribution < -0.4 is 11.1 Å². The van der Waals surface area contributed by atoms with Crippen LogP contribution in [0.4, 0.5) is 19.5 Å². The van der Waals surface area contributed by atoms with Crippen molar-refractivity contribution in [3.63, 3.8) is 0 Å². The third-order valence-corrected chi connectivity index (χ3v) is 6.06. The predicted molar refractivity (Wildman–Crippen MR) is 122 cm³/mol. The average molecular weight is 470 g/mol. The van der Waals surface area contributed by atoms with Crippen molar-refractivity contribution in [2.75, 3.05) is 5.32 Å². The smallest absolute Gasteiger partial charge is 0.251 e. The molecule has 4 rings (SSSR count). The Labute approximate surface area is 192 Å². The van der Waals surface area contributed by atoms with E-state index in [-0.39, 0.29) is 21.6 Å². The lowest BCUT2D eigenvalue weighted by molar-refractivity contribution is 0.0778. The van der Waals surface area contributed by atoms with Gasteiger partial charge in [0.15, 0.2) is 0 Å². The van der Waals surface area contributed by atoms with Gasteiger partial charge in [-0.3, -0.25) is 4.79 Å². The third kappa shape index (κ3) is 4.91. The lowest BCUT2D eigenvalue weighted by Gasteiger charge is -2.18. The summed E-state index contributed by atoms with van der Waals surface area (Å²) in [6, 6.07) is 10.9. The highest BCUT2D eigenvalue weighted by Gasteiger charge is 2.24. The molecule has 4 N–H and O–H groups in total. The first-order valence-electron chi connectivity index (χ1n) is 9.98. The van der Waals surface area contributed by atoms with Crippen molar-refractivity contribution >= 4 is 27.9 Å². The van der Waals surface area contributed by atoms with Crippen LogP contribution in [0, 0.1) is 11.6 Å². The molecule has 1 amide bonds. The van der Waals surface area contributed by atoms with E-state index < -0.39 is 23.1 Å². The number of halogens is 2. The van der Waals surface area contributed by atoms with Gasteiger partial charge in [-0.05, 0) is 55.3 Å². The van der Waals surface area contributed by atoms with Gasteiger partial charge in [0.1, 0.15) is 16.6 Å². The number of hydrogen-bond acceptors (Lipinski definition) is 6. The van der Waals surface area contributed by atoms with Crippen LogP contribution in [0.3, 0.4) is 0 Å². The highest BCUT2D eigenvalue weighted by atomic mass is 32.1. The van der Waals surface area contributed by atoms with E-state index in [4.69, 9.17) is 5.73 Å². The van der Waals surface area contributed by atoms with Crippen molar-refractivity contribution in [3.05, 3.63) is 83.2 Å². The normalized spacial score (nSPS) is 11.5. The van der Waals surface area contributed by atoms with Crippen molar-refractivity contribution in [1.29, 1.82) is 0 Å². The lowest BCUT2D eigenvalue weighted by Crippen LogP contribution is -2.16. The van der Waals surface area contributed by atoms with E-state index in [0.717, 1.165) is 29.0 Å². The number of carbonyl (C=O) groups excluding carboxylic acids is 1. The molecule has 0 bridgehead atoms. The molecule has 2 aromatic heterocycles. The topological polar surface area (TPSA) is 106 Å². The second-order valence-corrected chi connectivity index (χ2v) is 9.03. The van der Waals surface area contributed by atoms with Gasteiger partial charge in [0.25, 0.3) is 5.91 Å². The van der Waals surface area contributed by atoms with Crippen LogP contribution in [0.15, 0.2) is 54.9 Å². The molecule has 10 heteroatoms. The number of nitrogens with two attached hydrogens (primary N) is 1. The maximum Gasteiger partial charge on any atom is 0.251 e. The Balaban J connectivity index is 1.63.